The number of rotatable bonds is 3. The van der Waals surface area contributed by atoms with Crippen molar-refractivity contribution in [1.29, 1.82) is 0 Å². The number of ether oxygens (including phenoxy) is 1. The fourth-order valence-electron chi connectivity index (χ4n) is 3.02. The zero-order valence-electron chi connectivity index (χ0n) is 13.3. The molecule has 0 radical (unpaired) electrons. The molecule has 0 N–H and O–H groups in total. The minimum absolute atomic E-state index is 0.112. The van der Waals surface area contributed by atoms with Crippen LogP contribution < -0.4 is 0 Å². The normalized spacial score (nSPS) is 15.3. The molecule has 0 aliphatic carbocycles. The van der Waals surface area contributed by atoms with Crippen LogP contribution in [0.25, 0.3) is 0 Å². The van der Waals surface area contributed by atoms with Gasteiger partial charge >= 0.3 is 6.09 Å². The molecule has 0 aromatic heterocycles. The number of hydrogen-bond donors (Lipinski definition) is 0. The summed E-state index contributed by atoms with van der Waals surface area (Å²) in [6.07, 6.45) is 1.13. The summed E-state index contributed by atoms with van der Waals surface area (Å²) in [6, 6.07) is 14.4. The summed E-state index contributed by atoms with van der Waals surface area (Å²) >= 11 is 5.80. The summed E-state index contributed by atoms with van der Waals surface area (Å²) in [5.41, 5.74) is 1.64. The number of benzene rings is 2. The van der Waals surface area contributed by atoms with Crippen molar-refractivity contribution >= 4 is 17.7 Å². The van der Waals surface area contributed by atoms with Gasteiger partial charge in [-0.3, -0.25) is 0 Å². The molecule has 126 valence electrons. The van der Waals surface area contributed by atoms with E-state index in [1.807, 2.05) is 30.3 Å². The Bertz CT molecular complexity index is 700. The molecule has 1 heterocycles. The van der Waals surface area contributed by atoms with Crippen molar-refractivity contribution in [2.45, 2.75) is 25.4 Å². The lowest BCUT2D eigenvalue weighted by Gasteiger charge is -2.31. The summed E-state index contributed by atoms with van der Waals surface area (Å²) in [6.45, 7) is 1.41. The van der Waals surface area contributed by atoms with E-state index in [0.717, 1.165) is 18.4 Å². The summed E-state index contributed by atoms with van der Waals surface area (Å²) in [7, 11) is 0. The van der Waals surface area contributed by atoms with Crippen LogP contribution in [-0.2, 0) is 11.3 Å². The van der Waals surface area contributed by atoms with Crippen LogP contribution in [0.3, 0.4) is 0 Å². The Morgan fingerprint density at radius 3 is 2.54 bits per heavy atom. The largest absolute Gasteiger partial charge is 0.445 e. The maximum Gasteiger partial charge on any atom is 0.410 e. The van der Waals surface area contributed by atoms with Crippen LogP contribution in [0.5, 0.6) is 0 Å². The highest BCUT2D eigenvalue weighted by molar-refractivity contribution is 6.30. The van der Waals surface area contributed by atoms with Gasteiger partial charge in [0.15, 0.2) is 0 Å². The Kier molecular flexibility index (Phi) is 5.36. The number of likely N-dealkylation sites (tertiary alicyclic amines) is 1. The molecule has 1 fully saturated rings. The summed E-state index contributed by atoms with van der Waals surface area (Å²) in [4.78, 5) is 13.8. The number of nitrogens with zero attached hydrogens (tertiary/aromatic N) is 1. The van der Waals surface area contributed by atoms with Crippen molar-refractivity contribution in [2.24, 2.45) is 0 Å². The summed E-state index contributed by atoms with van der Waals surface area (Å²) in [5.74, 6) is -0.159. The van der Waals surface area contributed by atoms with Crippen LogP contribution in [0.15, 0.2) is 48.5 Å². The van der Waals surface area contributed by atoms with Crippen LogP contribution in [0.2, 0.25) is 5.02 Å². The first kappa shape index (κ1) is 16.8. The zero-order valence-corrected chi connectivity index (χ0v) is 14.0. The molecule has 1 aliphatic heterocycles. The fraction of sp³-hybridized carbons (Fsp3) is 0.316. The van der Waals surface area contributed by atoms with E-state index in [-0.39, 0.29) is 24.4 Å². The Balaban J connectivity index is 1.52. The van der Waals surface area contributed by atoms with Gasteiger partial charge in [0.1, 0.15) is 12.4 Å². The number of hydrogen-bond acceptors (Lipinski definition) is 2. The highest BCUT2D eigenvalue weighted by Gasteiger charge is 2.26. The van der Waals surface area contributed by atoms with Gasteiger partial charge in [-0.15, -0.1) is 0 Å². The molecule has 0 unspecified atom stereocenters. The minimum atomic E-state index is -0.311. The molecule has 0 spiro atoms. The highest BCUT2D eigenvalue weighted by atomic mass is 35.5. The molecule has 1 amide bonds. The molecule has 0 bridgehead atoms. The number of amides is 1. The van der Waals surface area contributed by atoms with Crippen molar-refractivity contribution in [1.82, 2.24) is 4.90 Å². The lowest BCUT2D eigenvalue weighted by atomic mass is 9.89. The molecule has 1 aliphatic rings. The predicted octanol–water partition coefficient (Wildman–Crippen LogP) is 5.00. The number of halogens is 2. The van der Waals surface area contributed by atoms with E-state index in [1.165, 1.54) is 6.07 Å². The second-order valence-electron chi connectivity index (χ2n) is 5.97. The van der Waals surface area contributed by atoms with E-state index in [4.69, 9.17) is 16.3 Å². The van der Waals surface area contributed by atoms with Crippen molar-refractivity contribution in [3.05, 3.63) is 70.5 Å². The quantitative estimate of drug-likeness (QED) is 0.782. The van der Waals surface area contributed by atoms with Gasteiger partial charge in [0, 0.05) is 18.1 Å². The van der Waals surface area contributed by atoms with E-state index in [0.29, 0.717) is 23.7 Å². The Morgan fingerprint density at radius 1 is 1.17 bits per heavy atom. The van der Waals surface area contributed by atoms with Crippen LogP contribution in [-0.4, -0.2) is 24.1 Å². The second kappa shape index (κ2) is 7.67. The standard InChI is InChI=1S/C19H19ClFNO2/c20-16-6-7-17(18(21)12-16)15-8-10-22(11-9-15)19(23)24-13-14-4-2-1-3-5-14/h1-7,12,15H,8-11,13H2. The van der Waals surface area contributed by atoms with Gasteiger partial charge in [0.2, 0.25) is 0 Å². The molecule has 2 aromatic rings. The first-order chi connectivity index (χ1) is 11.6. The monoisotopic (exact) mass is 347 g/mol. The van der Waals surface area contributed by atoms with Gasteiger partial charge in [0.05, 0.1) is 0 Å². The fourth-order valence-corrected chi connectivity index (χ4v) is 3.18. The van der Waals surface area contributed by atoms with Crippen molar-refractivity contribution in [3.63, 3.8) is 0 Å². The smallest absolute Gasteiger partial charge is 0.410 e. The Morgan fingerprint density at radius 2 is 1.88 bits per heavy atom. The zero-order chi connectivity index (χ0) is 16.9. The average molecular weight is 348 g/mol. The average Bonchev–Trinajstić information content (AvgIpc) is 2.61. The van der Waals surface area contributed by atoms with Gasteiger partial charge in [-0.05, 0) is 42.0 Å². The van der Waals surface area contributed by atoms with Gasteiger partial charge in [-0.1, -0.05) is 48.0 Å². The molecule has 3 rings (SSSR count). The molecular formula is C19H19ClFNO2. The maximum absolute atomic E-state index is 14.0. The van der Waals surface area contributed by atoms with Crippen LogP contribution in [0.4, 0.5) is 9.18 Å². The molecular weight excluding hydrogens is 329 g/mol. The lowest BCUT2D eigenvalue weighted by Crippen LogP contribution is -2.38. The van der Waals surface area contributed by atoms with Crippen LogP contribution >= 0.6 is 11.6 Å². The molecule has 24 heavy (non-hydrogen) atoms. The van der Waals surface area contributed by atoms with E-state index in [2.05, 4.69) is 0 Å². The third-order valence-corrected chi connectivity index (χ3v) is 4.60. The van der Waals surface area contributed by atoms with Crippen molar-refractivity contribution in [3.8, 4) is 0 Å². The second-order valence-corrected chi connectivity index (χ2v) is 6.40. The molecule has 0 atom stereocenters. The van der Waals surface area contributed by atoms with E-state index < -0.39 is 0 Å². The van der Waals surface area contributed by atoms with Gasteiger partial charge in [0.25, 0.3) is 0 Å². The molecule has 2 aromatic carbocycles. The van der Waals surface area contributed by atoms with E-state index in [9.17, 15) is 9.18 Å². The highest BCUT2D eigenvalue weighted by Crippen LogP contribution is 2.31. The third-order valence-electron chi connectivity index (χ3n) is 4.36. The molecule has 3 nitrogen and oxygen atoms in total. The number of carbonyl (C=O) groups excluding carboxylic acids is 1. The van der Waals surface area contributed by atoms with Gasteiger partial charge in [-0.25, -0.2) is 9.18 Å². The number of carbonyl (C=O) groups is 1. The van der Waals surface area contributed by atoms with Crippen LogP contribution in [0, 0.1) is 5.82 Å². The first-order valence-corrected chi connectivity index (χ1v) is 8.42. The van der Waals surface area contributed by atoms with Gasteiger partial charge < -0.3 is 9.64 Å². The summed E-state index contributed by atoms with van der Waals surface area (Å²) < 4.78 is 19.4. The van der Waals surface area contributed by atoms with E-state index in [1.54, 1.807) is 17.0 Å². The minimum Gasteiger partial charge on any atom is -0.445 e. The molecule has 5 heteroatoms. The van der Waals surface area contributed by atoms with E-state index >= 15 is 0 Å². The topological polar surface area (TPSA) is 29.5 Å². The lowest BCUT2D eigenvalue weighted by molar-refractivity contribution is 0.0869. The molecule has 0 saturated carbocycles. The SMILES string of the molecule is O=C(OCc1ccccc1)N1CCC(c2ccc(Cl)cc2F)CC1. The first-order valence-electron chi connectivity index (χ1n) is 8.04. The molecule has 1 saturated heterocycles. The van der Waals surface area contributed by atoms with Crippen LogP contribution in [0.1, 0.15) is 29.9 Å². The van der Waals surface area contributed by atoms with Crippen molar-refractivity contribution in [2.75, 3.05) is 13.1 Å². The Labute approximate surface area is 146 Å². The number of piperidine rings is 1. The third kappa shape index (κ3) is 4.06. The maximum atomic E-state index is 14.0. The predicted molar refractivity (Wildman–Crippen MR) is 91.6 cm³/mol. The van der Waals surface area contributed by atoms with Gasteiger partial charge in [-0.2, -0.15) is 0 Å². The Hall–Kier alpha value is -2.07. The van der Waals surface area contributed by atoms with Crippen molar-refractivity contribution < 1.29 is 13.9 Å². The summed E-state index contributed by atoms with van der Waals surface area (Å²) in [5, 5.41) is 0.401.